The van der Waals surface area contributed by atoms with Gasteiger partial charge in [0.2, 0.25) is 0 Å². The molecule has 0 amide bonds. The van der Waals surface area contributed by atoms with E-state index in [1.165, 1.54) is 5.92 Å². The van der Waals surface area contributed by atoms with Crippen LogP contribution in [0.3, 0.4) is 0 Å². The molecule has 1 rings (SSSR count). The molecular weight excluding hydrogens is 148 g/mol. The average Bonchev–Trinajstić information content (AvgIpc) is 2.04. The summed E-state index contributed by atoms with van der Waals surface area (Å²) >= 11 is 0. The SMILES string of the molecule is C[C](C)c1cccc(C(C)=O)c1. The van der Waals surface area contributed by atoms with Gasteiger partial charge in [0.1, 0.15) is 0 Å². The van der Waals surface area contributed by atoms with Gasteiger partial charge in [-0.25, -0.2) is 0 Å². The summed E-state index contributed by atoms with van der Waals surface area (Å²) in [5.74, 6) is 1.36. The fraction of sp³-hybridized carbons (Fsp3) is 0.273. The largest absolute Gasteiger partial charge is 0.295 e. The molecule has 1 aromatic rings. The van der Waals surface area contributed by atoms with Gasteiger partial charge in [-0.2, -0.15) is 0 Å². The van der Waals surface area contributed by atoms with E-state index in [0.717, 1.165) is 11.1 Å². The minimum absolute atomic E-state index is 0.123. The van der Waals surface area contributed by atoms with Gasteiger partial charge >= 0.3 is 0 Å². The first-order valence-electron chi connectivity index (χ1n) is 4.03. The van der Waals surface area contributed by atoms with Crippen LogP contribution >= 0.6 is 0 Å². The molecule has 0 fully saturated rings. The maximum atomic E-state index is 11.0. The summed E-state index contributed by atoms with van der Waals surface area (Å²) < 4.78 is 0. The molecule has 0 aliphatic heterocycles. The predicted molar refractivity (Wildman–Crippen MR) is 50.1 cm³/mol. The maximum absolute atomic E-state index is 11.0. The predicted octanol–water partition coefficient (Wildman–Crippen LogP) is 2.85. The average molecular weight is 161 g/mol. The first-order chi connectivity index (χ1) is 5.61. The topological polar surface area (TPSA) is 17.1 Å². The fourth-order valence-corrected chi connectivity index (χ4v) is 1.05. The van der Waals surface area contributed by atoms with Crippen LogP contribution in [-0.2, 0) is 0 Å². The Hall–Kier alpha value is -1.11. The number of hydrogen-bond donors (Lipinski definition) is 0. The zero-order chi connectivity index (χ0) is 9.14. The normalized spacial score (nSPS) is 10.3. The van der Waals surface area contributed by atoms with Crippen LogP contribution < -0.4 is 0 Å². The number of hydrogen-bond acceptors (Lipinski definition) is 1. The second kappa shape index (κ2) is 3.53. The highest BCUT2D eigenvalue weighted by atomic mass is 16.1. The quantitative estimate of drug-likeness (QED) is 0.609. The van der Waals surface area contributed by atoms with Gasteiger partial charge in [0.25, 0.3) is 0 Å². The Bertz CT molecular complexity index is 287. The van der Waals surface area contributed by atoms with Crippen LogP contribution in [0.4, 0.5) is 0 Å². The summed E-state index contributed by atoms with van der Waals surface area (Å²) in [7, 11) is 0. The van der Waals surface area contributed by atoms with Crippen molar-refractivity contribution in [2.24, 2.45) is 0 Å². The third kappa shape index (κ3) is 1.94. The zero-order valence-electron chi connectivity index (χ0n) is 7.72. The Morgan fingerprint density at radius 2 is 1.67 bits per heavy atom. The Balaban J connectivity index is 3.04. The Morgan fingerprint density at radius 3 is 2.17 bits per heavy atom. The van der Waals surface area contributed by atoms with Crippen molar-refractivity contribution in [1.82, 2.24) is 0 Å². The van der Waals surface area contributed by atoms with E-state index in [0.29, 0.717) is 0 Å². The van der Waals surface area contributed by atoms with Gasteiger partial charge in [0.15, 0.2) is 5.78 Å². The van der Waals surface area contributed by atoms with Gasteiger partial charge in [0.05, 0.1) is 0 Å². The standard InChI is InChI=1S/C11H13O/c1-8(2)10-5-4-6-11(7-10)9(3)12/h4-7H,1-3H3. The van der Waals surface area contributed by atoms with E-state index < -0.39 is 0 Å². The molecular formula is C11H13O. The lowest BCUT2D eigenvalue weighted by atomic mass is 10.00. The van der Waals surface area contributed by atoms with Gasteiger partial charge in [-0.05, 0) is 24.5 Å². The number of ketones is 1. The summed E-state index contributed by atoms with van der Waals surface area (Å²) in [6.07, 6.45) is 0. The molecule has 0 spiro atoms. The number of carbonyl (C=O) groups excluding carboxylic acids is 1. The van der Waals surface area contributed by atoms with Crippen molar-refractivity contribution < 1.29 is 4.79 Å². The van der Waals surface area contributed by atoms with Crippen molar-refractivity contribution in [3.05, 3.63) is 41.3 Å². The summed E-state index contributed by atoms with van der Waals surface area (Å²) in [5, 5.41) is 0. The van der Waals surface area contributed by atoms with E-state index in [1.807, 2.05) is 38.1 Å². The van der Waals surface area contributed by atoms with Gasteiger partial charge in [0, 0.05) is 5.56 Å². The molecule has 0 atom stereocenters. The zero-order valence-corrected chi connectivity index (χ0v) is 7.72. The van der Waals surface area contributed by atoms with E-state index in [9.17, 15) is 4.79 Å². The molecule has 63 valence electrons. The highest BCUT2D eigenvalue weighted by molar-refractivity contribution is 5.94. The third-order valence-electron chi connectivity index (χ3n) is 1.85. The van der Waals surface area contributed by atoms with Crippen LogP contribution in [0.5, 0.6) is 0 Å². The number of rotatable bonds is 2. The molecule has 0 saturated heterocycles. The molecule has 1 nitrogen and oxygen atoms in total. The van der Waals surface area contributed by atoms with Crippen molar-refractivity contribution in [2.45, 2.75) is 20.8 Å². The summed E-state index contributed by atoms with van der Waals surface area (Å²) in [6.45, 7) is 5.67. The monoisotopic (exact) mass is 161 g/mol. The lowest BCUT2D eigenvalue weighted by Crippen LogP contribution is -1.95. The van der Waals surface area contributed by atoms with Crippen LogP contribution in [-0.4, -0.2) is 5.78 Å². The van der Waals surface area contributed by atoms with Gasteiger partial charge in [-0.3, -0.25) is 4.79 Å². The second-order valence-corrected chi connectivity index (χ2v) is 3.14. The number of benzene rings is 1. The number of carbonyl (C=O) groups is 1. The molecule has 0 unspecified atom stereocenters. The summed E-state index contributed by atoms with van der Waals surface area (Å²) in [6, 6.07) is 7.70. The Labute approximate surface area is 73.4 Å². The van der Waals surface area contributed by atoms with Crippen molar-refractivity contribution >= 4 is 5.78 Å². The van der Waals surface area contributed by atoms with Crippen molar-refractivity contribution in [1.29, 1.82) is 0 Å². The van der Waals surface area contributed by atoms with E-state index in [1.54, 1.807) is 6.92 Å². The minimum Gasteiger partial charge on any atom is -0.295 e. The Kier molecular flexibility index (Phi) is 2.64. The first-order valence-corrected chi connectivity index (χ1v) is 4.03. The molecule has 0 aliphatic carbocycles. The van der Waals surface area contributed by atoms with Crippen LogP contribution in [0.1, 0.15) is 36.7 Å². The maximum Gasteiger partial charge on any atom is 0.159 e. The first kappa shape index (κ1) is 8.98. The van der Waals surface area contributed by atoms with Crippen LogP contribution in [0, 0.1) is 5.92 Å². The lowest BCUT2D eigenvalue weighted by molar-refractivity contribution is 0.101. The molecule has 0 N–H and O–H groups in total. The third-order valence-corrected chi connectivity index (χ3v) is 1.85. The minimum atomic E-state index is 0.123. The van der Waals surface area contributed by atoms with Crippen LogP contribution in [0.15, 0.2) is 24.3 Å². The van der Waals surface area contributed by atoms with Gasteiger partial charge in [-0.15, -0.1) is 0 Å². The Morgan fingerprint density at radius 1 is 1.08 bits per heavy atom. The highest BCUT2D eigenvalue weighted by Crippen LogP contribution is 2.14. The lowest BCUT2D eigenvalue weighted by Gasteiger charge is -2.04. The molecule has 0 heterocycles. The second-order valence-electron chi connectivity index (χ2n) is 3.14. The molecule has 1 heteroatoms. The van der Waals surface area contributed by atoms with Gasteiger partial charge in [-0.1, -0.05) is 32.0 Å². The van der Waals surface area contributed by atoms with Crippen LogP contribution in [0.2, 0.25) is 0 Å². The summed E-state index contributed by atoms with van der Waals surface area (Å²) in [5.41, 5.74) is 1.93. The number of Topliss-reactive ketones (excluding diaryl/α,β-unsaturated/α-hetero) is 1. The van der Waals surface area contributed by atoms with E-state index in [-0.39, 0.29) is 5.78 Å². The van der Waals surface area contributed by atoms with Crippen molar-refractivity contribution in [3.63, 3.8) is 0 Å². The fourth-order valence-electron chi connectivity index (χ4n) is 1.05. The van der Waals surface area contributed by atoms with Crippen molar-refractivity contribution in [2.75, 3.05) is 0 Å². The molecule has 1 aromatic carbocycles. The molecule has 12 heavy (non-hydrogen) atoms. The van der Waals surface area contributed by atoms with Crippen molar-refractivity contribution in [3.8, 4) is 0 Å². The molecule has 0 aromatic heterocycles. The molecule has 0 saturated carbocycles. The molecule has 1 radical (unpaired) electrons. The summed E-state index contributed by atoms with van der Waals surface area (Å²) in [4.78, 5) is 11.0. The van der Waals surface area contributed by atoms with E-state index in [4.69, 9.17) is 0 Å². The molecule has 0 bridgehead atoms. The van der Waals surface area contributed by atoms with E-state index in [2.05, 4.69) is 0 Å². The van der Waals surface area contributed by atoms with E-state index >= 15 is 0 Å². The highest BCUT2D eigenvalue weighted by Gasteiger charge is 2.02. The smallest absolute Gasteiger partial charge is 0.159 e. The van der Waals surface area contributed by atoms with Gasteiger partial charge < -0.3 is 0 Å². The van der Waals surface area contributed by atoms with Crippen LogP contribution in [0.25, 0.3) is 0 Å². The molecule has 0 aliphatic rings.